The molecular formula is C12H18ClNO3. The van der Waals surface area contributed by atoms with Crippen LogP contribution in [0.25, 0.3) is 0 Å². The van der Waals surface area contributed by atoms with Crippen LogP contribution in [0.1, 0.15) is 6.42 Å². The Bertz CT molecular complexity index is 360. The van der Waals surface area contributed by atoms with E-state index in [9.17, 15) is 5.11 Å². The van der Waals surface area contributed by atoms with Gasteiger partial charge in [0.25, 0.3) is 0 Å². The predicted molar refractivity (Wildman–Crippen MR) is 69.0 cm³/mol. The molecule has 96 valence electrons. The van der Waals surface area contributed by atoms with Gasteiger partial charge >= 0.3 is 0 Å². The van der Waals surface area contributed by atoms with Crippen LogP contribution in [0.2, 0.25) is 5.02 Å². The molecule has 0 fully saturated rings. The lowest BCUT2D eigenvalue weighted by Crippen LogP contribution is -2.35. The third-order valence-electron chi connectivity index (χ3n) is 2.74. The lowest BCUT2D eigenvalue weighted by molar-refractivity contribution is 0.217. The summed E-state index contributed by atoms with van der Waals surface area (Å²) >= 11 is 5.95. The number of anilines is 1. The number of nitrogens with zero attached hydrogens (tertiary/aromatic N) is 1. The average Bonchev–Trinajstić information content (AvgIpc) is 2.35. The van der Waals surface area contributed by atoms with Crippen molar-refractivity contribution in [3.63, 3.8) is 0 Å². The van der Waals surface area contributed by atoms with Gasteiger partial charge in [-0.1, -0.05) is 11.6 Å². The Kier molecular flexibility index (Phi) is 5.55. The monoisotopic (exact) mass is 259 g/mol. The molecule has 0 aliphatic rings. The Morgan fingerprint density at radius 1 is 1.41 bits per heavy atom. The number of aliphatic hydroxyl groups is 2. The molecule has 1 aromatic carbocycles. The van der Waals surface area contributed by atoms with Gasteiger partial charge in [-0.2, -0.15) is 0 Å². The predicted octanol–water partition coefficient (Wildman–Crippen LogP) is 1.53. The topological polar surface area (TPSA) is 52.9 Å². The largest absolute Gasteiger partial charge is 0.495 e. The van der Waals surface area contributed by atoms with E-state index in [4.69, 9.17) is 21.4 Å². The zero-order chi connectivity index (χ0) is 12.8. The molecule has 0 spiro atoms. The van der Waals surface area contributed by atoms with Crippen molar-refractivity contribution in [3.8, 4) is 5.75 Å². The number of benzene rings is 1. The number of ether oxygens (including phenoxy) is 1. The molecule has 0 saturated heterocycles. The summed E-state index contributed by atoms with van der Waals surface area (Å²) in [5.74, 6) is 0.688. The van der Waals surface area contributed by atoms with Crippen molar-refractivity contribution in [2.24, 2.45) is 0 Å². The van der Waals surface area contributed by atoms with Crippen LogP contribution in [0.5, 0.6) is 5.75 Å². The van der Waals surface area contributed by atoms with Gasteiger partial charge in [0, 0.05) is 18.7 Å². The molecule has 0 aromatic heterocycles. The van der Waals surface area contributed by atoms with Gasteiger partial charge in [0.15, 0.2) is 0 Å². The molecule has 0 saturated carbocycles. The molecular weight excluding hydrogens is 242 g/mol. The van der Waals surface area contributed by atoms with Gasteiger partial charge < -0.3 is 19.8 Å². The maximum atomic E-state index is 9.30. The van der Waals surface area contributed by atoms with Crippen LogP contribution in [0.15, 0.2) is 18.2 Å². The van der Waals surface area contributed by atoms with Crippen LogP contribution in [0.3, 0.4) is 0 Å². The molecule has 17 heavy (non-hydrogen) atoms. The van der Waals surface area contributed by atoms with E-state index in [1.807, 2.05) is 11.9 Å². The highest BCUT2D eigenvalue weighted by atomic mass is 35.5. The quantitative estimate of drug-likeness (QED) is 0.814. The molecule has 0 aliphatic carbocycles. The first-order valence-electron chi connectivity index (χ1n) is 5.42. The van der Waals surface area contributed by atoms with Gasteiger partial charge in [0.05, 0.1) is 25.4 Å². The number of rotatable bonds is 6. The van der Waals surface area contributed by atoms with E-state index in [2.05, 4.69) is 0 Å². The standard InChI is InChI=1S/C12H18ClNO3/c1-14(10(8-16)5-6-15)11-7-9(13)3-4-12(11)17-2/h3-4,7,10,15-16H,5-6,8H2,1-2H3. The summed E-state index contributed by atoms with van der Waals surface area (Å²) in [4.78, 5) is 1.86. The zero-order valence-corrected chi connectivity index (χ0v) is 10.8. The number of hydrogen-bond donors (Lipinski definition) is 2. The summed E-state index contributed by atoms with van der Waals surface area (Å²) in [5.41, 5.74) is 0.799. The summed E-state index contributed by atoms with van der Waals surface area (Å²) in [6, 6.07) is 5.15. The third-order valence-corrected chi connectivity index (χ3v) is 2.98. The molecule has 1 rings (SSSR count). The Balaban J connectivity index is 2.99. The lowest BCUT2D eigenvalue weighted by Gasteiger charge is -2.29. The SMILES string of the molecule is COc1ccc(Cl)cc1N(C)C(CO)CCO. The van der Waals surface area contributed by atoms with Gasteiger partial charge in [-0.3, -0.25) is 0 Å². The molecule has 4 nitrogen and oxygen atoms in total. The Morgan fingerprint density at radius 3 is 2.65 bits per heavy atom. The minimum atomic E-state index is -0.160. The molecule has 0 aliphatic heterocycles. The van der Waals surface area contributed by atoms with E-state index in [-0.39, 0.29) is 19.3 Å². The van der Waals surface area contributed by atoms with Crippen molar-refractivity contribution >= 4 is 17.3 Å². The van der Waals surface area contributed by atoms with E-state index in [0.29, 0.717) is 17.2 Å². The fourth-order valence-corrected chi connectivity index (χ4v) is 1.86. The summed E-state index contributed by atoms with van der Waals surface area (Å²) in [5, 5.41) is 18.8. The highest BCUT2D eigenvalue weighted by Crippen LogP contribution is 2.31. The maximum Gasteiger partial charge on any atom is 0.142 e. The Hall–Kier alpha value is -0.970. The summed E-state index contributed by atoms with van der Waals surface area (Å²) in [6.45, 7) is -0.00875. The lowest BCUT2D eigenvalue weighted by atomic mass is 10.1. The smallest absolute Gasteiger partial charge is 0.142 e. The summed E-state index contributed by atoms with van der Waals surface area (Å²) < 4.78 is 5.25. The first kappa shape index (κ1) is 14.1. The van der Waals surface area contributed by atoms with Crippen molar-refractivity contribution in [3.05, 3.63) is 23.2 Å². The molecule has 0 amide bonds. The second-order valence-electron chi connectivity index (χ2n) is 3.78. The van der Waals surface area contributed by atoms with Crippen molar-refractivity contribution in [2.45, 2.75) is 12.5 Å². The van der Waals surface area contributed by atoms with Gasteiger partial charge in [-0.25, -0.2) is 0 Å². The Labute approximate surface area is 106 Å². The second-order valence-corrected chi connectivity index (χ2v) is 4.21. The van der Waals surface area contributed by atoms with Crippen LogP contribution in [0, 0.1) is 0 Å². The van der Waals surface area contributed by atoms with E-state index >= 15 is 0 Å². The van der Waals surface area contributed by atoms with Crippen molar-refractivity contribution in [2.75, 3.05) is 32.3 Å². The molecule has 1 unspecified atom stereocenters. The molecule has 0 radical (unpaired) electrons. The van der Waals surface area contributed by atoms with Gasteiger partial charge in [0.1, 0.15) is 5.75 Å². The second kappa shape index (κ2) is 6.69. The van der Waals surface area contributed by atoms with E-state index < -0.39 is 0 Å². The van der Waals surface area contributed by atoms with E-state index in [1.54, 1.807) is 25.3 Å². The average molecular weight is 260 g/mol. The third kappa shape index (κ3) is 3.49. The van der Waals surface area contributed by atoms with E-state index in [1.165, 1.54) is 0 Å². The number of hydrogen-bond acceptors (Lipinski definition) is 4. The molecule has 0 bridgehead atoms. The van der Waals surface area contributed by atoms with Crippen LogP contribution in [0.4, 0.5) is 5.69 Å². The minimum absolute atomic E-state index is 0.0262. The minimum Gasteiger partial charge on any atom is -0.495 e. The zero-order valence-electron chi connectivity index (χ0n) is 10.1. The highest BCUT2D eigenvalue weighted by Gasteiger charge is 2.17. The van der Waals surface area contributed by atoms with Crippen LogP contribution in [-0.2, 0) is 0 Å². The van der Waals surface area contributed by atoms with Crippen LogP contribution < -0.4 is 9.64 Å². The normalized spacial score (nSPS) is 12.3. The first-order valence-corrected chi connectivity index (χ1v) is 5.80. The van der Waals surface area contributed by atoms with Crippen molar-refractivity contribution in [1.29, 1.82) is 0 Å². The highest BCUT2D eigenvalue weighted by molar-refractivity contribution is 6.30. The molecule has 1 aromatic rings. The molecule has 5 heteroatoms. The summed E-state index contributed by atoms with van der Waals surface area (Å²) in [6.07, 6.45) is 0.489. The first-order chi connectivity index (χ1) is 8.13. The molecule has 0 heterocycles. The van der Waals surface area contributed by atoms with Crippen molar-refractivity contribution in [1.82, 2.24) is 0 Å². The number of halogens is 1. The van der Waals surface area contributed by atoms with Crippen molar-refractivity contribution < 1.29 is 14.9 Å². The number of likely N-dealkylation sites (N-methyl/N-ethyl adjacent to an activating group) is 1. The van der Waals surface area contributed by atoms with Crippen LogP contribution in [-0.4, -0.2) is 43.6 Å². The number of aliphatic hydroxyl groups excluding tert-OH is 2. The summed E-state index contributed by atoms with van der Waals surface area (Å²) in [7, 11) is 3.42. The fourth-order valence-electron chi connectivity index (χ4n) is 1.69. The van der Waals surface area contributed by atoms with Gasteiger partial charge in [-0.05, 0) is 24.6 Å². The van der Waals surface area contributed by atoms with Gasteiger partial charge in [-0.15, -0.1) is 0 Å². The number of methoxy groups -OCH3 is 1. The van der Waals surface area contributed by atoms with E-state index in [0.717, 1.165) is 5.69 Å². The van der Waals surface area contributed by atoms with Gasteiger partial charge in [0.2, 0.25) is 0 Å². The van der Waals surface area contributed by atoms with Crippen LogP contribution >= 0.6 is 11.6 Å². The molecule has 1 atom stereocenters. The fraction of sp³-hybridized carbons (Fsp3) is 0.500. The maximum absolute atomic E-state index is 9.30. The molecule has 2 N–H and O–H groups in total. The Morgan fingerprint density at radius 2 is 2.12 bits per heavy atom.